The predicted molar refractivity (Wildman–Crippen MR) is 75.2 cm³/mol. The number of rotatable bonds is 4. The average molecular weight is 303 g/mol. The first-order valence-corrected chi connectivity index (χ1v) is 6.07. The third-order valence-electron chi connectivity index (χ3n) is 2.09. The molecule has 0 saturated carbocycles. The summed E-state index contributed by atoms with van der Waals surface area (Å²) in [7, 11) is 0. The van der Waals surface area contributed by atoms with E-state index in [0.717, 1.165) is 18.6 Å². The first-order valence-electron chi connectivity index (χ1n) is 6.07. The summed E-state index contributed by atoms with van der Waals surface area (Å²) in [6, 6.07) is 5.03. The van der Waals surface area contributed by atoms with E-state index in [4.69, 9.17) is 11.5 Å². The van der Waals surface area contributed by atoms with Gasteiger partial charge in [-0.15, -0.1) is 13.2 Å². The second-order valence-electron chi connectivity index (χ2n) is 3.93. The van der Waals surface area contributed by atoms with Gasteiger partial charge in [0.05, 0.1) is 0 Å². The molecule has 116 valence electrons. The van der Waals surface area contributed by atoms with Crippen LogP contribution in [0, 0.1) is 0 Å². The van der Waals surface area contributed by atoms with Gasteiger partial charge in [-0.05, 0) is 30.7 Å². The molecule has 1 rings (SSSR count). The van der Waals surface area contributed by atoms with E-state index < -0.39 is 6.36 Å². The van der Waals surface area contributed by atoms with E-state index in [-0.39, 0.29) is 17.7 Å². The molecule has 0 aliphatic carbocycles. The Morgan fingerprint density at radius 2 is 1.86 bits per heavy atom. The fraction of sp³-hybridized carbons (Fsp3) is 0.333. The van der Waals surface area contributed by atoms with Gasteiger partial charge in [-0.25, -0.2) is 0 Å². The van der Waals surface area contributed by atoms with Crippen LogP contribution in [0.15, 0.2) is 34.3 Å². The SMILES string of the molecule is CCCN=C(N)N=C(N)Nc1ccc(OC(F)(F)F)cc1. The lowest BCUT2D eigenvalue weighted by atomic mass is 10.3. The molecule has 21 heavy (non-hydrogen) atoms. The number of hydrogen-bond donors (Lipinski definition) is 3. The predicted octanol–water partition coefficient (Wildman–Crippen LogP) is 2.04. The number of guanidine groups is 2. The summed E-state index contributed by atoms with van der Waals surface area (Å²) in [6.45, 7) is 2.47. The highest BCUT2D eigenvalue weighted by molar-refractivity contribution is 6.00. The average Bonchev–Trinajstić information content (AvgIpc) is 2.37. The highest BCUT2D eigenvalue weighted by Crippen LogP contribution is 2.23. The standard InChI is InChI=1S/C12H16F3N5O/c1-2-7-18-10(16)20-11(17)19-8-3-5-9(6-4-8)21-12(13,14)15/h3-6H,2,7H2,1H3,(H5,16,17,18,19,20). The van der Waals surface area contributed by atoms with Crippen molar-refractivity contribution in [2.45, 2.75) is 19.7 Å². The molecule has 0 aliphatic heterocycles. The number of aliphatic imine (C=N–C) groups is 2. The molecule has 0 aromatic heterocycles. The minimum Gasteiger partial charge on any atom is -0.406 e. The topological polar surface area (TPSA) is 98.0 Å². The quantitative estimate of drug-likeness (QED) is 0.585. The molecule has 0 atom stereocenters. The molecule has 0 amide bonds. The first-order chi connectivity index (χ1) is 9.80. The Labute approximate surface area is 119 Å². The van der Waals surface area contributed by atoms with Crippen LogP contribution in [0.2, 0.25) is 0 Å². The summed E-state index contributed by atoms with van der Waals surface area (Å²) in [6.07, 6.45) is -3.90. The lowest BCUT2D eigenvalue weighted by Crippen LogP contribution is -2.26. The van der Waals surface area contributed by atoms with Gasteiger partial charge in [0.1, 0.15) is 5.75 Å². The van der Waals surface area contributed by atoms with Crippen molar-refractivity contribution in [1.29, 1.82) is 0 Å². The molecule has 1 aromatic rings. The van der Waals surface area contributed by atoms with Crippen LogP contribution in [0.25, 0.3) is 0 Å². The summed E-state index contributed by atoms with van der Waals surface area (Å²) in [5.41, 5.74) is 11.5. The van der Waals surface area contributed by atoms with Crippen LogP contribution in [0.4, 0.5) is 18.9 Å². The number of anilines is 1. The van der Waals surface area contributed by atoms with Crippen LogP contribution in [0.1, 0.15) is 13.3 Å². The molecule has 6 nitrogen and oxygen atoms in total. The van der Waals surface area contributed by atoms with Gasteiger partial charge in [-0.2, -0.15) is 4.99 Å². The lowest BCUT2D eigenvalue weighted by Gasteiger charge is -2.10. The number of ether oxygens (including phenoxy) is 1. The Balaban J connectivity index is 2.65. The van der Waals surface area contributed by atoms with Crippen molar-refractivity contribution in [3.05, 3.63) is 24.3 Å². The van der Waals surface area contributed by atoms with Crippen molar-refractivity contribution < 1.29 is 17.9 Å². The number of nitrogens with one attached hydrogen (secondary N) is 1. The van der Waals surface area contributed by atoms with Crippen molar-refractivity contribution in [2.24, 2.45) is 21.5 Å². The zero-order valence-electron chi connectivity index (χ0n) is 11.3. The Morgan fingerprint density at radius 3 is 2.38 bits per heavy atom. The normalized spacial score (nSPS) is 13.1. The summed E-state index contributed by atoms with van der Waals surface area (Å²) in [5, 5.41) is 2.67. The Kier molecular flexibility index (Phi) is 5.82. The van der Waals surface area contributed by atoms with Crippen LogP contribution in [0.3, 0.4) is 0 Å². The van der Waals surface area contributed by atoms with Gasteiger partial charge in [0.15, 0.2) is 0 Å². The number of benzene rings is 1. The van der Waals surface area contributed by atoms with Crippen molar-refractivity contribution in [3.63, 3.8) is 0 Å². The highest BCUT2D eigenvalue weighted by Gasteiger charge is 2.30. The molecule has 0 fully saturated rings. The van der Waals surface area contributed by atoms with E-state index in [0.29, 0.717) is 12.2 Å². The smallest absolute Gasteiger partial charge is 0.406 e. The fourth-order valence-corrected chi connectivity index (χ4v) is 1.30. The third-order valence-corrected chi connectivity index (χ3v) is 2.09. The van der Waals surface area contributed by atoms with Crippen molar-refractivity contribution in [3.8, 4) is 5.75 Å². The molecule has 0 aliphatic rings. The molecular formula is C12H16F3N5O. The maximum Gasteiger partial charge on any atom is 0.573 e. The second kappa shape index (κ2) is 7.36. The van der Waals surface area contributed by atoms with Gasteiger partial charge >= 0.3 is 6.36 Å². The zero-order valence-corrected chi connectivity index (χ0v) is 11.3. The Bertz CT molecular complexity index is 511. The molecule has 9 heteroatoms. The maximum absolute atomic E-state index is 12.0. The van der Waals surface area contributed by atoms with E-state index in [1.165, 1.54) is 12.1 Å². The van der Waals surface area contributed by atoms with Crippen molar-refractivity contribution in [1.82, 2.24) is 0 Å². The van der Waals surface area contributed by atoms with E-state index in [1.54, 1.807) is 0 Å². The molecular weight excluding hydrogens is 287 g/mol. The van der Waals surface area contributed by atoms with Gasteiger partial charge < -0.3 is 21.5 Å². The zero-order chi connectivity index (χ0) is 15.9. The summed E-state index contributed by atoms with van der Waals surface area (Å²) in [5.74, 6) is -0.316. The summed E-state index contributed by atoms with van der Waals surface area (Å²) in [4.78, 5) is 7.71. The van der Waals surface area contributed by atoms with E-state index >= 15 is 0 Å². The summed E-state index contributed by atoms with van der Waals surface area (Å²) >= 11 is 0. The number of nitrogens with two attached hydrogens (primary N) is 2. The minimum absolute atomic E-state index is 0.0168. The molecule has 0 unspecified atom stereocenters. The van der Waals surface area contributed by atoms with E-state index in [9.17, 15) is 13.2 Å². The van der Waals surface area contributed by atoms with E-state index in [2.05, 4.69) is 20.0 Å². The minimum atomic E-state index is -4.72. The molecule has 1 aromatic carbocycles. The number of hydrogen-bond acceptors (Lipinski definition) is 2. The highest BCUT2D eigenvalue weighted by atomic mass is 19.4. The molecule has 5 N–H and O–H groups in total. The van der Waals surface area contributed by atoms with Crippen molar-refractivity contribution in [2.75, 3.05) is 11.9 Å². The van der Waals surface area contributed by atoms with Crippen molar-refractivity contribution >= 4 is 17.6 Å². The molecule has 0 bridgehead atoms. The Hall–Kier alpha value is -2.45. The van der Waals surface area contributed by atoms with Crippen LogP contribution >= 0.6 is 0 Å². The van der Waals surface area contributed by atoms with E-state index in [1.807, 2.05) is 6.92 Å². The monoisotopic (exact) mass is 303 g/mol. The van der Waals surface area contributed by atoms with Crippen LogP contribution < -0.4 is 21.5 Å². The van der Waals surface area contributed by atoms with Crippen LogP contribution in [0.5, 0.6) is 5.75 Å². The number of halogens is 3. The molecule has 0 saturated heterocycles. The van der Waals surface area contributed by atoms with Crippen LogP contribution in [-0.4, -0.2) is 24.8 Å². The second-order valence-corrected chi connectivity index (χ2v) is 3.93. The molecule has 0 radical (unpaired) electrons. The first kappa shape index (κ1) is 16.6. The largest absolute Gasteiger partial charge is 0.573 e. The van der Waals surface area contributed by atoms with Crippen LogP contribution in [-0.2, 0) is 0 Å². The Morgan fingerprint density at radius 1 is 1.24 bits per heavy atom. The number of alkyl halides is 3. The van der Waals surface area contributed by atoms with Gasteiger partial charge in [0, 0.05) is 12.2 Å². The van der Waals surface area contributed by atoms with Gasteiger partial charge in [-0.1, -0.05) is 6.92 Å². The number of nitrogens with zero attached hydrogens (tertiary/aromatic N) is 2. The van der Waals surface area contributed by atoms with Gasteiger partial charge in [-0.3, -0.25) is 4.99 Å². The maximum atomic E-state index is 12.0. The molecule has 0 heterocycles. The fourth-order valence-electron chi connectivity index (χ4n) is 1.30. The third kappa shape index (κ3) is 7.04. The summed E-state index contributed by atoms with van der Waals surface area (Å²) < 4.78 is 39.7. The lowest BCUT2D eigenvalue weighted by molar-refractivity contribution is -0.274. The molecule has 0 spiro atoms. The van der Waals surface area contributed by atoms with Gasteiger partial charge in [0.25, 0.3) is 0 Å². The van der Waals surface area contributed by atoms with Gasteiger partial charge in [0.2, 0.25) is 11.9 Å².